The van der Waals surface area contributed by atoms with E-state index in [-0.39, 0.29) is 13.0 Å². The number of carbonyl (C=O) groups is 4. The smallest absolute Gasteiger partial charge is 0.329 e. The Morgan fingerprint density at radius 2 is 1.87 bits per heavy atom. The summed E-state index contributed by atoms with van der Waals surface area (Å²) in [7, 11) is 0. The molecule has 1 aliphatic rings. The highest BCUT2D eigenvalue weighted by Crippen LogP contribution is 2.17. The fourth-order valence-corrected chi connectivity index (χ4v) is 2.32. The number of carbonyl (C=O) groups excluding carboxylic acids is 4. The lowest BCUT2D eigenvalue weighted by Crippen LogP contribution is -2.56. The van der Waals surface area contributed by atoms with E-state index in [4.69, 9.17) is 5.73 Å². The van der Waals surface area contributed by atoms with Crippen LogP contribution in [0.4, 0.5) is 10.5 Å². The summed E-state index contributed by atoms with van der Waals surface area (Å²) in [5.41, 5.74) is 7.85. The second kappa shape index (κ2) is 6.91. The van der Waals surface area contributed by atoms with Crippen molar-refractivity contribution in [1.29, 1.82) is 0 Å². The van der Waals surface area contributed by atoms with Crippen molar-refractivity contribution in [2.75, 3.05) is 25.0 Å². The van der Waals surface area contributed by atoms with E-state index < -0.39 is 23.8 Å². The number of nitrogens with one attached hydrogen (secondary N) is 2. The van der Waals surface area contributed by atoms with Gasteiger partial charge in [0.05, 0.1) is 6.42 Å². The van der Waals surface area contributed by atoms with Crippen LogP contribution in [0.2, 0.25) is 0 Å². The van der Waals surface area contributed by atoms with Gasteiger partial charge in [0.15, 0.2) is 0 Å². The first-order valence-electron chi connectivity index (χ1n) is 7.18. The zero-order chi connectivity index (χ0) is 17.0. The number of benzene rings is 1. The summed E-state index contributed by atoms with van der Waals surface area (Å²) in [5.74, 6) is -2.36. The first kappa shape index (κ1) is 16.5. The summed E-state index contributed by atoms with van der Waals surface area (Å²) in [6.07, 6.45) is -0.146. The molecule has 1 aromatic carbocycles. The van der Waals surface area contributed by atoms with Crippen molar-refractivity contribution in [2.24, 2.45) is 0 Å². The number of likely N-dealkylation sites (N-methyl/N-ethyl adjacent to an activating group) is 1. The molecule has 0 saturated carbocycles. The van der Waals surface area contributed by atoms with Gasteiger partial charge in [0.25, 0.3) is 0 Å². The second-order valence-electron chi connectivity index (χ2n) is 5.03. The van der Waals surface area contributed by atoms with Gasteiger partial charge in [-0.25, -0.2) is 4.79 Å². The van der Waals surface area contributed by atoms with Crippen LogP contribution in [0.3, 0.4) is 0 Å². The lowest BCUT2D eigenvalue weighted by Gasteiger charge is -2.31. The lowest BCUT2D eigenvalue weighted by atomic mass is 10.1. The maximum Gasteiger partial charge on any atom is 0.329 e. The van der Waals surface area contributed by atoms with Gasteiger partial charge in [-0.2, -0.15) is 0 Å². The number of nitrogens with zero attached hydrogens (tertiary/aromatic N) is 2. The fraction of sp³-hybridized carbons (Fsp3) is 0.333. The number of amides is 5. The zero-order valence-corrected chi connectivity index (χ0v) is 12.7. The number of anilines is 1. The van der Waals surface area contributed by atoms with E-state index in [1.165, 1.54) is 4.90 Å². The van der Waals surface area contributed by atoms with E-state index in [9.17, 15) is 19.2 Å². The van der Waals surface area contributed by atoms with Gasteiger partial charge in [0.1, 0.15) is 0 Å². The van der Waals surface area contributed by atoms with Crippen molar-refractivity contribution in [1.82, 2.24) is 15.5 Å². The largest absolute Gasteiger partial charge is 0.333 e. The Hall–Kier alpha value is -2.90. The first-order valence-corrected chi connectivity index (χ1v) is 7.18. The van der Waals surface area contributed by atoms with Gasteiger partial charge < -0.3 is 10.2 Å². The van der Waals surface area contributed by atoms with Gasteiger partial charge in [-0.05, 0) is 18.6 Å². The van der Waals surface area contributed by atoms with Crippen molar-refractivity contribution in [3.63, 3.8) is 0 Å². The van der Waals surface area contributed by atoms with Crippen LogP contribution >= 0.6 is 0 Å². The molecule has 0 unspecified atom stereocenters. The van der Waals surface area contributed by atoms with Gasteiger partial charge >= 0.3 is 17.8 Å². The molecule has 0 aromatic heterocycles. The van der Waals surface area contributed by atoms with Gasteiger partial charge in [0, 0.05) is 25.3 Å². The molecule has 0 atom stereocenters. The highest BCUT2D eigenvalue weighted by atomic mass is 16.2. The van der Waals surface area contributed by atoms with Gasteiger partial charge in [-0.1, -0.05) is 18.2 Å². The average Bonchev–Trinajstić information content (AvgIpc) is 2.51. The van der Waals surface area contributed by atoms with Crippen molar-refractivity contribution in [2.45, 2.75) is 13.3 Å². The van der Waals surface area contributed by atoms with Crippen molar-refractivity contribution < 1.29 is 19.2 Å². The van der Waals surface area contributed by atoms with Gasteiger partial charge in [0.2, 0.25) is 5.91 Å². The first-order chi connectivity index (χ1) is 10.9. The van der Waals surface area contributed by atoms with Gasteiger partial charge in [-0.15, -0.1) is 0 Å². The number of para-hydroxylation sites is 1. The van der Waals surface area contributed by atoms with Crippen molar-refractivity contribution in [3.8, 4) is 0 Å². The average molecular weight is 317 g/mol. The van der Waals surface area contributed by atoms with E-state index in [1.54, 1.807) is 31.2 Å². The number of urea groups is 1. The second-order valence-corrected chi connectivity index (χ2v) is 5.03. The Bertz CT molecular complexity index is 659. The molecule has 0 spiro atoms. The molecule has 2 rings (SSSR count). The maximum absolute atomic E-state index is 12.2. The Morgan fingerprint density at radius 3 is 2.52 bits per heavy atom. The summed E-state index contributed by atoms with van der Waals surface area (Å²) in [6, 6.07) is 5.82. The van der Waals surface area contributed by atoms with Crippen LogP contribution in [0, 0.1) is 0 Å². The lowest BCUT2D eigenvalue weighted by molar-refractivity contribution is -0.153. The number of imide groups is 1. The molecule has 1 fully saturated rings. The highest BCUT2D eigenvalue weighted by molar-refractivity contribution is 6.38. The Kier molecular flexibility index (Phi) is 4.95. The number of piperazine rings is 1. The Morgan fingerprint density at radius 1 is 1.17 bits per heavy atom. The Labute approximate surface area is 133 Å². The summed E-state index contributed by atoms with van der Waals surface area (Å²) in [6.45, 7) is 2.58. The van der Waals surface area contributed by atoms with Crippen LogP contribution in [0.25, 0.3) is 0 Å². The fourth-order valence-electron chi connectivity index (χ4n) is 2.32. The quantitative estimate of drug-likeness (QED) is 0.803. The van der Waals surface area contributed by atoms with E-state index in [1.807, 2.05) is 0 Å². The SMILES string of the molecule is CCN1CCN(C(=O)Nc2ccccc2CC([NH])=O)C(=O)C1=O. The monoisotopic (exact) mass is 317 g/mol. The molecule has 121 valence electrons. The minimum absolute atomic E-state index is 0.115. The molecule has 0 aliphatic carbocycles. The molecule has 1 aliphatic heterocycles. The van der Waals surface area contributed by atoms with Crippen molar-refractivity contribution in [3.05, 3.63) is 29.8 Å². The van der Waals surface area contributed by atoms with Crippen LogP contribution < -0.4 is 11.1 Å². The van der Waals surface area contributed by atoms with Crippen molar-refractivity contribution >= 4 is 29.4 Å². The maximum atomic E-state index is 12.2. The molecule has 2 N–H and O–H groups in total. The predicted octanol–water partition coefficient (Wildman–Crippen LogP) is 0.261. The summed E-state index contributed by atoms with van der Waals surface area (Å²) in [5, 5.41) is 2.53. The molecular formula is C15H17N4O4. The molecular weight excluding hydrogens is 300 g/mol. The third-order valence-electron chi connectivity index (χ3n) is 3.55. The molecule has 1 aromatic rings. The topological polar surface area (TPSA) is 111 Å². The standard InChI is InChI=1S/C15H17N4O4/c1-2-18-7-8-19(14(22)13(18)21)15(23)17-11-6-4-3-5-10(11)9-12(16)20/h3-6,16H,2,7-9H2,1H3,(H,17,23). The van der Waals surface area contributed by atoms with E-state index in [0.29, 0.717) is 24.3 Å². The molecule has 23 heavy (non-hydrogen) atoms. The van der Waals surface area contributed by atoms with Crippen LogP contribution in [-0.2, 0) is 20.8 Å². The normalized spacial score (nSPS) is 14.8. The molecule has 1 radical (unpaired) electrons. The number of rotatable bonds is 4. The van der Waals surface area contributed by atoms with Gasteiger partial charge in [-0.3, -0.25) is 25.0 Å². The molecule has 1 heterocycles. The summed E-state index contributed by atoms with van der Waals surface area (Å²) < 4.78 is 0. The molecule has 1 saturated heterocycles. The molecule has 8 nitrogen and oxygen atoms in total. The predicted molar refractivity (Wildman–Crippen MR) is 81.2 cm³/mol. The highest BCUT2D eigenvalue weighted by Gasteiger charge is 2.35. The van der Waals surface area contributed by atoms with Crippen LogP contribution in [-0.4, -0.2) is 53.2 Å². The van der Waals surface area contributed by atoms with Crippen LogP contribution in [0.1, 0.15) is 12.5 Å². The minimum atomic E-state index is -0.871. The van der Waals surface area contributed by atoms with E-state index >= 15 is 0 Å². The third-order valence-corrected chi connectivity index (χ3v) is 3.55. The molecule has 8 heteroatoms. The van der Waals surface area contributed by atoms with E-state index in [2.05, 4.69) is 5.32 Å². The summed E-state index contributed by atoms with van der Waals surface area (Å²) in [4.78, 5) is 49.2. The molecule has 0 bridgehead atoms. The minimum Gasteiger partial charge on any atom is -0.333 e. The third kappa shape index (κ3) is 3.65. The summed E-state index contributed by atoms with van der Waals surface area (Å²) >= 11 is 0. The molecule has 5 amide bonds. The van der Waals surface area contributed by atoms with Crippen LogP contribution in [0.5, 0.6) is 0 Å². The Balaban J connectivity index is 2.12. The number of hydrogen-bond donors (Lipinski definition) is 1. The zero-order valence-electron chi connectivity index (χ0n) is 12.7. The van der Waals surface area contributed by atoms with Crippen LogP contribution in [0.15, 0.2) is 24.3 Å². The number of hydrogen-bond acceptors (Lipinski definition) is 4. The van der Waals surface area contributed by atoms with E-state index in [0.717, 1.165) is 4.90 Å².